The summed E-state index contributed by atoms with van der Waals surface area (Å²) in [4.78, 5) is 16.6. The number of hydrogen-bond acceptors (Lipinski definition) is 6. The summed E-state index contributed by atoms with van der Waals surface area (Å²) in [6, 6.07) is 15.3. The number of ether oxygens (including phenoxy) is 1. The molecule has 7 heteroatoms. The third kappa shape index (κ3) is 4.09. The average molecular weight is 462 g/mol. The van der Waals surface area contributed by atoms with Gasteiger partial charge in [-0.2, -0.15) is 9.97 Å². The van der Waals surface area contributed by atoms with Gasteiger partial charge in [0, 0.05) is 47.3 Å². The van der Waals surface area contributed by atoms with E-state index in [1.54, 1.807) is 7.11 Å². The van der Waals surface area contributed by atoms with Gasteiger partial charge in [0.05, 0.1) is 23.7 Å². The average Bonchev–Trinajstić information content (AvgIpc) is 2.87. The number of nitrogens with zero attached hydrogens (tertiary/aromatic N) is 4. The van der Waals surface area contributed by atoms with E-state index in [1.165, 1.54) is 0 Å². The molecule has 3 heterocycles. The van der Waals surface area contributed by atoms with Gasteiger partial charge in [-0.05, 0) is 30.4 Å². The summed E-state index contributed by atoms with van der Waals surface area (Å²) < 4.78 is 5.49. The van der Waals surface area contributed by atoms with Crippen molar-refractivity contribution < 1.29 is 4.74 Å². The van der Waals surface area contributed by atoms with E-state index >= 15 is 0 Å². The third-order valence-corrected chi connectivity index (χ3v) is 6.81. The zero-order valence-corrected chi connectivity index (χ0v) is 19.9. The van der Waals surface area contributed by atoms with Gasteiger partial charge >= 0.3 is 6.01 Å². The molecule has 1 fully saturated rings. The molecule has 1 saturated heterocycles. The van der Waals surface area contributed by atoms with Crippen molar-refractivity contribution in [1.82, 2.24) is 20.3 Å². The molecule has 1 N–H and O–H groups in total. The minimum absolute atomic E-state index is 0.366. The second-order valence-corrected chi connectivity index (χ2v) is 8.95. The lowest BCUT2D eigenvalue weighted by Gasteiger charge is -2.39. The minimum atomic E-state index is 0.366. The molecule has 2 atom stereocenters. The number of piperazine rings is 1. The van der Waals surface area contributed by atoms with E-state index in [1.807, 2.05) is 30.5 Å². The van der Waals surface area contributed by atoms with Crippen LogP contribution in [0.2, 0.25) is 5.02 Å². The number of benzene rings is 2. The molecule has 2 aromatic heterocycles. The highest BCUT2D eigenvalue weighted by Crippen LogP contribution is 2.35. The van der Waals surface area contributed by atoms with Crippen LogP contribution in [0.1, 0.15) is 26.7 Å². The van der Waals surface area contributed by atoms with E-state index in [4.69, 9.17) is 26.3 Å². The van der Waals surface area contributed by atoms with Gasteiger partial charge in [-0.25, -0.2) is 0 Å². The number of methoxy groups -OCH3 is 1. The van der Waals surface area contributed by atoms with Crippen LogP contribution in [0.4, 0.5) is 5.82 Å². The Labute approximate surface area is 199 Å². The Morgan fingerprint density at radius 2 is 1.79 bits per heavy atom. The van der Waals surface area contributed by atoms with Crippen LogP contribution in [0.3, 0.4) is 0 Å². The number of fused-ring (bicyclic) bond motifs is 2. The molecule has 0 spiro atoms. The van der Waals surface area contributed by atoms with Gasteiger partial charge in [0.1, 0.15) is 5.82 Å². The van der Waals surface area contributed by atoms with Gasteiger partial charge in [0.25, 0.3) is 0 Å². The van der Waals surface area contributed by atoms with E-state index in [2.05, 4.69) is 47.2 Å². The number of rotatable bonds is 5. The summed E-state index contributed by atoms with van der Waals surface area (Å²) in [5, 5.41) is 7.45. The smallest absolute Gasteiger partial charge is 0.318 e. The lowest BCUT2D eigenvalue weighted by Crippen LogP contribution is -2.56. The Kier molecular flexibility index (Phi) is 6.04. The topological polar surface area (TPSA) is 63.2 Å². The summed E-state index contributed by atoms with van der Waals surface area (Å²) in [5.41, 5.74) is 2.62. The summed E-state index contributed by atoms with van der Waals surface area (Å²) >= 11 is 6.57. The molecule has 1 aliphatic rings. The molecular weight excluding hydrogens is 434 g/mol. The lowest BCUT2D eigenvalue weighted by atomic mass is 10.0. The van der Waals surface area contributed by atoms with Crippen LogP contribution in [0.5, 0.6) is 6.01 Å². The number of anilines is 1. The van der Waals surface area contributed by atoms with Gasteiger partial charge in [0.2, 0.25) is 0 Å². The van der Waals surface area contributed by atoms with Gasteiger partial charge < -0.3 is 15.0 Å². The summed E-state index contributed by atoms with van der Waals surface area (Å²) in [6.07, 6.45) is 4.02. The number of aromatic nitrogens is 3. The summed E-state index contributed by atoms with van der Waals surface area (Å²) in [7, 11) is 1.61. The first-order valence-electron chi connectivity index (χ1n) is 11.5. The largest absolute Gasteiger partial charge is 0.467 e. The van der Waals surface area contributed by atoms with Gasteiger partial charge in [0.15, 0.2) is 0 Å². The molecule has 6 nitrogen and oxygen atoms in total. The molecule has 0 bridgehead atoms. The Bertz CT molecular complexity index is 1290. The van der Waals surface area contributed by atoms with E-state index in [-0.39, 0.29) is 0 Å². The molecule has 33 heavy (non-hydrogen) atoms. The van der Waals surface area contributed by atoms with Gasteiger partial charge in [-0.15, -0.1) is 0 Å². The standard InChI is InChI=1S/C26H28ClN5O/c1-4-17-14-32(15-18(5-2)29-17)25-20-13-28-22(12-23(20)30-26(31-25)33-3)19-10-6-8-16-9-7-11-21(27)24(16)19/h6-13,17-18,29H,4-5,14-15H2,1-3H3. The number of halogens is 1. The molecular formula is C26H28ClN5O. The molecule has 0 aliphatic carbocycles. The van der Waals surface area contributed by atoms with Crippen LogP contribution >= 0.6 is 11.6 Å². The zero-order chi connectivity index (χ0) is 22.9. The Morgan fingerprint density at radius 3 is 2.48 bits per heavy atom. The predicted octanol–water partition coefficient (Wildman–Crippen LogP) is 5.47. The molecule has 5 rings (SSSR count). The maximum atomic E-state index is 6.57. The zero-order valence-electron chi connectivity index (χ0n) is 19.2. The molecule has 0 amide bonds. The highest BCUT2D eigenvalue weighted by atomic mass is 35.5. The number of nitrogens with one attached hydrogen (secondary N) is 1. The fourth-order valence-electron chi connectivity index (χ4n) is 4.69. The van der Waals surface area contributed by atoms with Crippen molar-refractivity contribution in [3.8, 4) is 17.3 Å². The number of pyridine rings is 1. The molecule has 0 radical (unpaired) electrons. The second-order valence-electron chi connectivity index (χ2n) is 8.55. The SMILES string of the molecule is CCC1CN(c2nc(OC)nc3cc(-c4cccc5cccc(Cl)c45)ncc23)CC(CC)N1. The Morgan fingerprint density at radius 1 is 1.06 bits per heavy atom. The van der Waals surface area contributed by atoms with Crippen molar-refractivity contribution >= 4 is 39.1 Å². The van der Waals surface area contributed by atoms with Crippen molar-refractivity contribution in [2.45, 2.75) is 38.8 Å². The first-order valence-corrected chi connectivity index (χ1v) is 11.9. The monoisotopic (exact) mass is 461 g/mol. The van der Waals surface area contributed by atoms with Crippen molar-refractivity contribution in [3.63, 3.8) is 0 Å². The fraction of sp³-hybridized carbons (Fsp3) is 0.346. The van der Waals surface area contributed by atoms with Crippen molar-refractivity contribution in [2.75, 3.05) is 25.1 Å². The maximum absolute atomic E-state index is 6.57. The van der Waals surface area contributed by atoms with Gasteiger partial charge in [-0.1, -0.05) is 55.8 Å². The van der Waals surface area contributed by atoms with Crippen LogP contribution in [0.25, 0.3) is 32.9 Å². The van der Waals surface area contributed by atoms with E-state index in [9.17, 15) is 0 Å². The second kappa shape index (κ2) is 9.12. The Balaban J connectivity index is 1.65. The summed E-state index contributed by atoms with van der Waals surface area (Å²) in [5.74, 6) is 0.880. The quantitative estimate of drug-likeness (QED) is 0.425. The first kappa shape index (κ1) is 21.9. The first-order chi connectivity index (χ1) is 16.1. The van der Waals surface area contributed by atoms with Crippen LogP contribution < -0.4 is 15.0 Å². The molecule has 0 saturated carbocycles. The lowest BCUT2D eigenvalue weighted by molar-refractivity contribution is 0.352. The molecule has 170 valence electrons. The fourth-order valence-corrected chi connectivity index (χ4v) is 4.97. The highest BCUT2D eigenvalue weighted by molar-refractivity contribution is 6.36. The van der Waals surface area contributed by atoms with Crippen molar-refractivity contribution in [3.05, 3.63) is 53.7 Å². The highest BCUT2D eigenvalue weighted by Gasteiger charge is 2.27. The third-order valence-electron chi connectivity index (χ3n) is 6.49. The maximum Gasteiger partial charge on any atom is 0.318 e. The molecule has 4 aromatic rings. The van der Waals surface area contributed by atoms with Crippen molar-refractivity contribution in [2.24, 2.45) is 0 Å². The van der Waals surface area contributed by atoms with Crippen LogP contribution in [0, 0.1) is 0 Å². The molecule has 2 unspecified atom stereocenters. The molecule has 2 aromatic carbocycles. The van der Waals surface area contributed by atoms with E-state index in [0.29, 0.717) is 23.1 Å². The van der Waals surface area contributed by atoms with Crippen LogP contribution in [-0.4, -0.2) is 47.2 Å². The van der Waals surface area contributed by atoms with Crippen LogP contribution in [0.15, 0.2) is 48.7 Å². The van der Waals surface area contributed by atoms with Crippen molar-refractivity contribution in [1.29, 1.82) is 0 Å². The van der Waals surface area contributed by atoms with Gasteiger partial charge in [-0.3, -0.25) is 4.98 Å². The predicted molar refractivity (Wildman–Crippen MR) is 135 cm³/mol. The normalized spacial score (nSPS) is 18.7. The number of hydrogen-bond donors (Lipinski definition) is 1. The Hall–Kier alpha value is -2.96. The van der Waals surface area contributed by atoms with Crippen LogP contribution in [-0.2, 0) is 0 Å². The van der Waals surface area contributed by atoms with E-state index in [0.717, 1.165) is 64.7 Å². The minimum Gasteiger partial charge on any atom is -0.467 e. The summed E-state index contributed by atoms with van der Waals surface area (Å²) in [6.45, 7) is 6.22. The molecule has 1 aliphatic heterocycles. The van der Waals surface area contributed by atoms with E-state index < -0.39 is 0 Å².